The van der Waals surface area contributed by atoms with Crippen LogP contribution in [0, 0.1) is 0 Å². The van der Waals surface area contributed by atoms with Crippen LogP contribution in [-0.2, 0) is 18.7 Å². The van der Waals surface area contributed by atoms with Gasteiger partial charge in [-0.05, 0) is 61.9 Å². The van der Waals surface area contributed by atoms with Crippen molar-refractivity contribution in [2.75, 3.05) is 20.2 Å². The summed E-state index contributed by atoms with van der Waals surface area (Å²) in [6, 6.07) is 15.4. The molecule has 170 valence electrons. The summed E-state index contributed by atoms with van der Waals surface area (Å²) in [5, 5.41) is 2.15. The number of aromatic nitrogens is 2. The molecule has 0 saturated carbocycles. The van der Waals surface area contributed by atoms with E-state index in [1.807, 2.05) is 55.5 Å². The fraction of sp³-hybridized carbons (Fsp3) is 0.280. The standard InChI is InChI=1S/C25H24ClN3O2S2/c1-3-31-18-10-8-17(9-11-18)29-24(30)22-19-12-13-28(2)14-21(19)33-23(22)27-25(29)32-15-16-6-4-5-7-20(16)26/h4-11H,3,12-15H2,1-2H3. The molecular weight excluding hydrogens is 474 g/mol. The number of hydrogen-bond donors (Lipinski definition) is 0. The second-order valence-electron chi connectivity index (χ2n) is 8.01. The monoisotopic (exact) mass is 497 g/mol. The molecule has 5 nitrogen and oxygen atoms in total. The fourth-order valence-electron chi connectivity index (χ4n) is 4.09. The highest BCUT2D eigenvalue weighted by Crippen LogP contribution is 2.35. The number of nitrogens with zero attached hydrogens (tertiary/aromatic N) is 3. The van der Waals surface area contributed by atoms with E-state index in [2.05, 4.69) is 11.9 Å². The highest BCUT2D eigenvalue weighted by Gasteiger charge is 2.24. The number of benzene rings is 2. The second-order valence-corrected chi connectivity index (χ2v) is 10.4. The summed E-state index contributed by atoms with van der Waals surface area (Å²) in [6.45, 7) is 4.36. The molecule has 0 atom stereocenters. The molecule has 4 aromatic rings. The zero-order valence-electron chi connectivity index (χ0n) is 18.5. The van der Waals surface area contributed by atoms with Gasteiger partial charge in [-0.15, -0.1) is 11.3 Å². The summed E-state index contributed by atoms with van der Waals surface area (Å²) in [7, 11) is 2.11. The summed E-state index contributed by atoms with van der Waals surface area (Å²) >= 11 is 9.56. The lowest BCUT2D eigenvalue weighted by Gasteiger charge is -2.21. The maximum Gasteiger partial charge on any atom is 0.267 e. The third-order valence-corrected chi connectivity index (χ3v) is 8.22. The number of likely N-dealkylation sites (N-methyl/N-ethyl adjacent to an activating group) is 1. The lowest BCUT2D eigenvalue weighted by molar-refractivity contribution is 0.318. The number of halogens is 1. The Bertz CT molecular complexity index is 1360. The molecule has 0 radical (unpaired) electrons. The molecule has 0 fully saturated rings. The number of ether oxygens (including phenoxy) is 1. The Hall–Kier alpha value is -2.32. The van der Waals surface area contributed by atoms with Gasteiger partial charge in [-0.2, -0.15) is 0 Å². The highest BCUT2D eigenvalue weighted by atomic mass is 35.5. The van der Waals surface area contributed by atoms with Gasteiger partial charge in [0.25, 0.3) is 5.56 Å². The predicted molar refractivity (Wildman–Crippen MR) is 137 cm³/mol. The third kappa shape index (κ3) is 4.43. The molecule has 0 unspecified atom stereocenters. The number of thiophene rings is 1. The van der Waals surface area contributed by atoms with Gasteiger partial charge in [0.15, 0.2) is 5.16 Å². The van der Waals surface area contributed by atoms with Crippen molar-refractivity contribution in [3.8, 4) is 11.4 Å². The molecule has 33 heavy (non-hydrogen) atoms. The summed E-state index contributed by atoms with van der Waals surface area (Å²) in [5.41, 5.74) is 2.96. The Balaban J connectivity index is 1.64. The van der Waals surface area contributed by atoms with E-state index >= 15 is 0 Å². The lowest BCUT2D eigenvalue weighted by Crippen LogP contribution is -2.27. The average Bonchev–Trinajstić information content (AvgIpc) is 3.17. The first-order chi connectivity index (χ1) is 16.0. The van der Waals surface area contributed by atoms with Crippen molar-refractivity contribution in [3.63, 3.8) is 0 Å². The molecule has 8 heteroatoms. The van der Waals surface area contributed by atoms with Crippen molar-refractivity contribution in [2.45, 2.75) is 30.8 Å². The van der Waals surface area contributed by atoms with Crippen LogP contribution >= 0.6 is 34.7 Å². The molecule has 5 rings (SSSR count). The minimum atomic E-state index is -0.00660. The van der Waals surface area contributed by atoms with Gasteiger partial charge in [-0.25, -0.2) is 4.98 Å². The number of rotatable bonds is 6. The van der Waals surface area contributed by atoms with Crippen molar-refractivity contribution in [1.82, 2.24) is 14.5 Å². The van der Waals surface area contributed by atoms with Crippen molar-refractivity contribution >= 4 is 44.9 Å². The molecule has 0 aliphatic carbocycles. The maximum atomic E-state index is 13.9. The van der Waals surface area contributed by atoms with Crippen LogP contribution in [0.25, 0.3) is 15.9 Å². The van der Waals surface area contributed by atoms with E-state index < -0.39 is 0 Å². The molecule has 0 saturated heterocycles. The highest BCUT2D eigenvalue weighted by molar-refractivity contribution is 7.98. The Labute approximate surface area is 206 Å². The molecule has 1 aliphatic heterocycles. The minimum Gasteiger partial charge on any atom is -0.494 e. The van der Waals surface area contributed by atoms with Gasteiger partial charge in [0.05, 0.1) is 17.7 Å². The van der Waals surface area contributed by atoms with Crippen LogP contribution in [0.3, 0.4) is 0 Å². The van der Waals surface area contributed by atoms with Gasteiger partial charge in [-0.3, -0.25) is 9.36 Å². The Morgan fingerprint density at radius 1 is 1.18 bits per heavy atom. The number of fused-ring (bicyclic) bond motifs is 3. The molecule has 3 heterocycles. The summed E-state index contributed by atoms with van der Waals surface area (Å²) in [6.07, 6.45) is 0.873. The third-order valence-electron chi connectivity index (χ3n) is 5.76. The van der Waals surface area contributed by atoms with E-state index in [4.69, 9.17) is 21.3 Å². The van der Waals surface area contributed by atoms with Crippen molar-refractivity contribution < 1.29 is 4.74 Å². The van der Waals surface area contributed by atoms with Crippen LogP contribution in [0.5, 0.6) is 5.75 Å². The Morgan fingerprint density at radius 3 is 2.73 bits per heavy atom. The minimum absolute atomic E-state index is 0.00660. The predicted octanol–water partition coefficient (Wildman–Crippen LogP) is 5.78. The van der Waals surface area contributed by atoms with Crippen LogP contribution < -0.4 is 10.3 Å². The van der Waals surface area contributed by atoms with Gasteiger partial charge in [-0.1, -0.05) is 41.6 Å². The van der Waals surface area contributed by atoms with Gasteiger partial charge in [0, 0.05) is 28.7 Å². The van der Waals surface area contributed by atoms with Crippen molar-refractivity contribution in [2.24, 2.45) is 0 Å². The molecular formula is C25H24ClN3O2S2. The molecule has 0 bridgehead atoms. The van der Waals surface area contributed by atoms with Gasteiger partial charge < -0.3 is 9.64 Å². The lowest BCUT2D eigenvalue weighted by atomic mass is 10.1. The van der Waals surface area contributed by atoms with Gasteiger partial charge in [0.1, 0.15) is 10.6 Å². The van der Waals surface area contributed by atoms with Crippen LogP contribution in [0.15, 0.2) is 58.5 Å². The molecule has 2 aromatic carbocycles. The van der Waals surface area contributed by atoms with Crippen LogP contribution in [-0.4, -0.2) is 34.7 Å². The van der Waals surface area contributed by atoms with Gasteiger partial charge >= 0.3 is 0 Å². The molecule has 0 amide bonds. The first kappa shape index (κ1) is 22.5. The van der Waals surface area contributed by atoms with Crippen LogP contribution in [0.4, 0.5) is 0 Å². The number of thioether (sulfide) groups is 1. The topological polar surface area (TPSA) is 47.4 Å². The van der Waals surface area contributed by atoms with E-state index in [-0.39, 0.29) is 5.56 Å². The maximum absolute atomic E-state index is 13.9. The van der Waals surface area contributed by atoms with Gasteiger partial charge in [0.2, 0.25) is 0 Å². The average molecular weight is 498 g/mol. The Morgan fingerprint density at radius 2 is 1.97 bits per heavy atom. The normalized spacial score (nSPS) is 13.9. The van der Waals surface area contributed by atoms with E-state index in [9.17, 15) is 4.79 Å². The Kier molecular flexibility index (Phi) is 6.47. The smallest absolute Gasteiger partial charge is 0.267 e. The SMILES string of the molecule is CCOc1ccc(-n2c(SCc3ccccc3Cl)nc3sc4c(c3c2=O)CCN(C)C4)cc1. The quantitative estimate of drug-likeness (QED) is 0.249. The molecule has 1 aliphatic rings. The number of hydrogen-bond acceptors (Lipinski definition) is 6. The molecule has 2 aromatic heterocycles. The summed E-state index contributed by atoms with van der Waals surface area (Å²) in [4.78, 5) is 23.3. The van der Waals surface area contributed by atoms with E-state index in [1.165, 1.54) is 16.6 Å². The van der Waals surface area contributed by atoms with Crippen molar-refractivity contribution in [1.29, 1.82) is 0 Å². The molecule has 0 N–H and O–H groups in total. The van der Waals surface area contributed by atoms with E-state index in [0.29, 0.717) is 17.5 Å². The summed E-state index contributed by atoms with van der Waals surface area (Å²) in [5.74, 6) is 1.41. The first-order valence-electron chi connectivity index (χ1n) is 10.9. The van der Waals surface area contributed by atoms with Crippen molar-refractivity contribution in [3.05, 3.63) is 79.9 Å². The van der Waals surface area contributed by atoms with E-state index in [1.54, 1.807) is 15.9 Å². The van der Waals surface area contributed by atoms with E-state index in [0.717, 1.165) is 57.3 Å². The van der Waals surface area contributed by atoms with Crippen LogP contribution in [0.1, 0.15) is 22.9 Å². The van der Waals surface area contributed by atoms with Crippen LogP contribution in [0.2, 0.25) is 5.02 Å². The largest absolute Gasteiger partial charge is 0.494 e. The second kappa shape index (κ2) is 9.50. The molecule has 0 spiro atoms. The summed E-state index contributed by atoms with van der Waals surface area (Å²) < 4.78 is 7.33. The zero-order chi connectivity index (χ0) is 22.9. The fourth-order valence-corrected chi connectivity index (χ4v) is 6.73. The first-order valence-corrected chi connectivity index (χ1v) is 13.1. The zero-order valence-corrected chi connectivity index (χ0v) is 20.9.